The van der Waals surface area contributed by atoms with Crippen LogP contribution in [-0.2, 0) is 65.4 Å². The first-order valence-electron chi connectivity index (χ1n) is 45.6. The number of unbranched alkanes of at least 4 members (excludes halogenated alkanes) is 55. The van der Waals surface area contributed by atoms with Crippen LogP contribution in [0.1, 0.15) is 472 Å². The van der Waals surface area contributed by atoms with E-state index in [1.54, 1.807) is 0 Å². The molecule has 0 aromatic rings. The van der Waals surface area contributed by atoms with Gasteiger partial charge in [-0.1, -0.05) is 420 Å². The van der Waals surface area contributed by atoms with E-state index < -0.39 is 97.5 Å². The summed E-state index contributed by atoms with van der Waals surface area (Å²) in [7, 11) is -9.93. The van der Waals surface area contributed by atoms with Crippen LogP contribution >= 0.6 is 15.6 Å². The number of carbonyl (C=O) groups excluding carboxylic acids is 4. The van der Waals surface area contributed by atoms with E-state index in [0.717, 1.165) is 102 Å². The average Bonchev–Trinajstić information content (AvgIpc) is 0.900. The molecule has 107 heavy (non-hydrogen) atoms. The highest BCUT2D eigenvalue weighted by atomic mass is 31.2. The highest BCUT2D eigenvalue weighted by Crippen LogP contribution is 2.45. The minimum absolute atomic E-state index is 0.107. The van der Waals surface area contributed by atoms with Gasteiger partial charge in [0.25, 0.3) is 0 Å². The molecule has 0 amide bonds. The number of carbonyl (C=O) groups is 4. The Morgan fingerprint density at radius 3 is 0.664 bits per heavy atom. The van der Waals surface area contributed by atoms with Crippen LogP contribution in [-0.4, -0.2) is 96.7 Å². The second-order valence-electron chi connectivity index (χ2n) is 32.1. The molecule has 0 rings (SSSR count). The summed E-state index contributed by atoms with van der Waals surface area (Å²) in [4.78, 5) is 73.3. The molecule has 0 bridgehead atoms. The number of aliphatic hydroxyl groups is 1. The smallest absolute Gasteiger partial charge is 0.462 e. The van der Waals surface area contributed by atoms with Crippen LogP contribution in [0.25, 0.3) is 0 Å². The van der Waals surface area contributed by atoms with E-state index in [1.165, 1.54) is 289 Å². The van der Waals surface area contributed by atoms with Crippen LogP contribution in [0.15, 0.2) is 0 Å². The van der Waals surface area contributed by atoms with Crippen LogP contribution < -0.4 is 0 Å². The number of rotatable bonds is 87. The summed E-state index contributed by atoms with van der Waals surface area (Å²) in [5, 5.41) is 10.7. The summed E-state index contributed by atoms with van der Waals surface area (Å²) in [6, 6.07) is 0. The number of phosphoric acid groups is 2. The number of aliphatic hydroxyl groups excluding tert-OH is 1. The summed E-state index contributed by atoms with van der Waals surface area (Å²) in [5.74, 6) is -0.446. The Balaban J connectivity index is 5.25. The second kappa shape index (κ2) is 79.3. The SMILES string of the molecule is CCCCCCCCCCCCCCCCCCCCCCCCC(=O)O[C@H](COC(=O)CCCCCCCCCCCCCCCCC(C)CC)COP(=O)(O)OC[C@@H](O)COP(=O)(O)OC[C@@H](COC(=O)CCCCCCCCCCCCCCC)OC(=O)CCCCCCCCCCCCC(C)CC. The summed E-state index contributed by atoms with van der Waals surface area (Å²) in [6.07, 6.45) is 72.1. The van der Waals surface area contributed by atoms with Gasteiger partial charge >= 0.3 is 39.5 Å². The lowest BCUT2D eigenvalue weighted by atomic mass is 9.99. The van der Waals surface area contributed by atoms with Crippen molar-refractivity contribution in [3.05, 3.63) is 0 Å². The molecule has 0 spiro atoms. The fourth-order valence-electron chi connectivity index (χ4n) is 13.7. The predicted molar refractivity (Wildman–Crippen MR) is 442 cm³/mol. The zero-order valence-electron chi connectivity index (χ0n) is 70.5. The lowest BCUT2D eigenvalue weighted by molar-refractivity contribution is -0.161. The fraction of sp³-hybridized carbons (Fsp3) is 0.955. The monoisotopic (exact) mass is 1560 g/mol. The topological polar surface area (TPSA) is 237 Å². The molecule has 0 aliphatic carbocycles. The lowest BCUT2D eigenvalue weighted by Gasteiger charge is -2.21. The van der Waals surface area contributed by atoms with E-state index in [-0.39, 0.29) is 25.7 Å². The Bertz CT molecular complexity index is 2050. The van der Waals surface area contributed by atoms with Crippen molar-refractivity contribution in [1.82, 2.24) is 0 Å². The number of hydrogen-bond donors (Lipinski definition) is 3. The molecule has 19 heteroatoms. The average molecular weight is 1560 g/mol. The van der Waals surface area contributed by atoms with Gasteiger partial charge in [-0.05, 0) is 37.5 Å². The molecule has 0 fully saturated rings. The van der Waals surface area contributed by atoms with Crippen molar-refractivity contribution in [1.29, 1.82) is 0 Å². The number of ether oxygens (including phenoxy) is 4. The molecule has 0 aliphatic rings. The highest BCUT2D eigenvalue weighted by Gasteiger charge is 2.31. The maximum absolute atomic E-state index is 13.2. The van der Waals surface area contributed by atoms with E-state index in [2.05, 4.69) is 41.5 Å². The largest absolute Gasteiger partial charge is 0.472 e. The van der Waals surface area contributed by atoms with Gasteiger partial charge in [0.05, 0.1) is 26.4 Å². The third-order valence-corrected chi connectivity index (χ3v) is 23.3. The van der Waals surface area contributed by atoms with Crippen LogP contribution in [0.4, 0.5) is 0 Å². The summed E-state index contributed by atoms with van der Waals surface area (Å²) in [6.45, 7) is 9.76. The van der Waals surface area contributed by atoms with Crippen LogP contribution in [0.2, 0.25) is 0 Å². The highest BCUT2D eigenvalue weighted by molar-refractivity contribution is 7.47. The van der Waals surface area contributed by atoms with Crippen molar-refractivity contribution in [2.45, 2.75) is 490 Å². The van der Waals surface area contributed by atoms with Crippen LogP contribution in [0, 0.1) is 11.8 Å². The molecule has 636 valence electrons. The van der Waals surface area contributed by atoms with Crippen molar-refractivity contribution in [2.75, 3.05) is 39.6 Å². The molecular weight excluding hydrogens is 1390 g/mol. The van der Waals surface area contributed by atoms with Gasteiger partial charge in [-0.2, -0.15) is 0 Å². The number of esters is 4. The molecule has 0 aromatic heterocycles. The summed E-state index contributed by atoms with van der Waals surface area (Å²) < 4.78 is 69.0. The normalized spacial score (nSPS) is 14.3. The molecule has 0 radical (unpaired) electrons. The number of phosphoric ester groups is 2. The first-order valence-corrected chi connectivity index (χ1v) is 48.6. The van der Waals surface area contributed by atoms with E-state index >= 15 is 0 Å². The lowest BCUT2D eigenvalue weighted by Crippen LogP contribution is -2.30. The van der Waals surface area contributed by atoms with Gasteiger partial charge in [0.2, 0.25) is 0 Å². The second-order valence-corrected chi connectivity index (χ2v) is 35.0. The van der Waals surface area contributed by atoms with E-state index in [4.69, 9.17) is 37.0 Å². The third-order valence-electron chi connectivity index (χ3n) is 21.4. The first kappa shape index (κ1) is 105. The standard InChI is InChI=1S/C88H172O17P2/c1-7-11-13-15-17-19-21-23-24-25-26-27-28-29-30-31-37-41-48-54-60-66-72-87(92)104-83(76-99-86(91)71-65-59-53-47-40-36-33-32-35-38-44-50-56-62-68-80(5)9-3)78-102-106(94,95)100-74-82(89)75-101-107(96,97)103-79-84(77-98-85(90)70-64-58-52-46-39-34-22-20-18-16-14-12-8-2)105-88(93)73-67-61-55-49-43-42-45-51-57-63-69-81(6)10-4/h80-84,89H,7-79H2,1-6H3,(H,94,95)(H,96,97)/t80?,81?,82-,83-,84-/m1/s1. The Morgan fingerprint density at radius 1 is 0.262 bits per heavy atom. The van der Waals surface area contributed by atoms with Gasteiger partial charge in [-0.15, -0.1) is 0 Å². The van der Waals surface area contributed by atoms with Crippen molar-refractivity contribution >= 4 is 39.5 Å². The van der Waals surface area contributed by atoms with E-state index in [1.807, 2.05) is 0 Å². The fourth-order valence-corrected chi connectivity index (χ4v) is 15.3. The van der Waals surface area contributed by atoms with Gasteiger partial charge < -0.3 is 33.8 Å². The molecule has 4 unspecified atom stereocenters. The summed E-state index contributed by atoms with van der Waals surface area (Å²) in [5.41, 5.74) is 0. The van der Waals surface area contributed by atoms with Crippen molar-refractivity contribution in [2.24, 2.45) is 11.8 Å². The Kier molecular flexibility index (Phi) is 77.9. The van der Waals surface area contributed by atoms with Gasteiger partial charge in [-0.25, -0.2) is 9.13 Å². The van der Waals surface area contributed by atoms with Gasteiger partial charge in [0.1, 0.15) is 19.3 Å². The zero-order valence-corrected chi connectivity index (χ0v) is 72.2. The Morgan fingerprint density at radius 2 is 0.449 bits per heavy atom. The van der Waals surface area contributed by atoms with Gasteiger partial charge in [-0.3, -0.25) is 37.3 Å². The number of hydrogen-bond acceptors (Lipinski definition) is 15. The van der Waals surface area contributed by atoms with E-state index in [0.29, 0.717) is 25.7 Å². The summed E-state index contributed by atoms with van der Waals surface area (Å²) >= 11 is 0. The van der Waals surface area contributed by atoms with Crippen molar-refractivity contribution in [3.8, 4) is 0 Å². The van der Waals surface area contributed by atoms with Gasteiger partial charge in [0, 0.05) is 25.7 Å². The maximum atomic E-state index is 13.2. The minimum Gasteiger partial charge on any atom is -0.462 e. The first-order chi connectivity index (χ1) is 51.9. The molecule has 0 aliphatic heterocycles. The van der Waals surface area contributed by atoms with Crippen molar-refractivity contribution < 1.29 is 80.2 Å². The van der Waals surface area contributed by atoms with Gasteiger partial charge in [0.15, 0.2) is 12.2 Å². The molecule has 7 atom stereocenters. The maximum Gasteiger partial charge on any atom is 0.472 e. The van der Waals surface area contributed by atoms with E-state index in [9.17, 15) is 43.2 Å². The molecule has 17 nitrogen and oxygen atoms in total. The molecular formula is C88H172O17P2. The van der Waals surface area contributed by atoms with Crippen molar-refractivity contribution in [3.63, 3.8) is 0 Å². The molecule has 0 aromatic carbocycles. The van der Waals surface area contributed by atoms with Crippen LogP contribution in [0.5, 0.6) is 0 Å². The molecule has 0 saturated heterocycles. The van der Waals surface area contributed by atoms with Crippen LogP contribution in [0.3, 0.4) is 0 Å². The predicted octanol–water partition coefficient (Wildman–Crippen LogP) is 27.0. The molecule has 0 saturated carbocycles. The Labute approximate surface area is 658 Å². The minimum atomic E-state index is -4.97. The quantitative estimate of drug-likeness (QED) is 0.0222. The Hall–Kier alpha value is -1.94. The molecule has 3 N–H and O–H groups in total. The molecule has 0 heterocycles. The third kappa shape index (κ3) is 79.1. The zero-order chi connectivity index (χ0) is 78.5.